The van der Waals surface area contributed by atoms with Crippen molar-refractivity contribution in [1.29, 1.82) is 0 Å². The average molecular weight is 443 g/mol. The third-order valence-corrected chi connectivity index (χ3v) is 5.57. The van der Waals surface area contributed by atoms with E-state index >= 15 is 0 Å². The first-order valence-corrected chi connectivity index (χ1v) is 10.3. The second-order valence-corrected chi connectivity index (χ2v) is 7.82. The highest BCUT2D eigenvalue weighted by Gasteiger charge is 2.24. The quantitative estimate of drug-likeness (QED) is 0.577. The van der Waals surface area contributed by atoms with Crippen molar-refractivity contribution in [2.75, 3.05) is 31.1 Å². The Morgan fingerprint density at radius 3 is 2.50 bits per heavy atom. The molecule has 0 aliphatic carbocycles. The Labute approximate surface area is 185 Å². The molecule has 0 saturated carbocycles. The van der Waals surface area contributed by atoms with Crippen LogP contribution in [-0.2, 0) is 0 Å². The molecule has 0 radical (unpaired) electrons. The van der Waals surface area contributed by atoms with Crippen LogP contribution in [0.15, 0.2) is 54.9 Å². The molecular weight excluding hydrogens is 423 g/mol. The van der Waals surface area contributed by atoms with Crippen LogP contribution in [0.3, 0.4) is 0 Å². The smallest absolute Gasteiger partial charge is 0.255 e. The van der Waals surface area contributed by atoms with Crippen LogP contribution < -0.4 is 9.64 Å². The summed E-state index contributed by atoms with van der Waals surface area (Å²) in [7, 11) is 0. The van der Waals surface area contributed by atoms with Gasteiger partial charge in [-0.1, -0.05) is 41.4 Å². The van der Waals surface area contributed by atoms with E-state index in [2.05, 4.69) is 14.9 Å². The van der Waals surface area contributed by atoms with E-state index in [1.807, 2.05) is 36.1 Å². The van der Waals surface area contributed by atoms with Gasteiger partial charge in [-0.05, 0) is 36.8 Å². The maximum absolute atomic E-state index is 12.7. The molecule has 0 bridgehead atoms. The highest BCUT2D eigenvalue weighted by Crippen LogP contribution is 2.30. The van der Waals surface area contributed by atoms with Crippen molar-refractivity contribution < 1.29 is 9.53 Å². The van der Waals surface area contributed by atoms with Gasteiger partial charge in [-0.25, -0.2) is 9.97 Å². The molecule has 4 rings (SSSR count). The van der Waals surface area contributed by atoms with Gasteiger partial charge >= 0.3 is 0 Å². The summed E-state index contributed by atoms with van der Waals surface area (Å²) >= 11 is 12.4. The Balaban J connectivity index is 1.43. The third-order valence-electron chi connectivity index (χ3n) is 4.92. The predicted molar refractivity (Wildman–Crippen MR) is 118 cm³/mol. The van der Waals surface area contributed by atoms with Gasteiger partial charge in [0.25, 0.3) is 5.91 Å². The number of aromatic nitrogens is 2. The minimum Gasteiger partial charge on any atom is -0.437 e. The molecule has 1 fully saturated rings. The van der Waals surface area contributed by atoms with Crippen molar-refractivity contribution in [2.45, 2.75) is 6.92 Å². The number of amides is 1. The molecule has 0 N–H and O–H groups in total. The van der Waals surface area contributed by atoms with Crippen molar-refractivity contribution in [3.05, 3.63) is 76.0 Å². The lowest BCUT2D eigenvalue weighted by Gasteiger charge is -2.35. The molecule has 1 amide bonds. The molecule has 0 unspecified atom stereocenters. The second-order valence-electron chi connectivity index (χ2n) is 7.01. The van der Waals surface area contributed by atoms with Gasteiger partial charge in [-0.2, -0.15) is 0 Å². The number of piperazine rings is 1. The van der Waals surface area contributed by atoms with E-state index in [1.54, 1.807) is 24.3 Å². The first-order valence-electron chi connectivity index (χ1n) is 9.56. The lowest BCUT2D eigenvalue weighted by atomic mass is 10.2. The van der Waals surface area contributed by atoms with Crippen LogP contribution in [0.25, 0.3) is 0 Å². The normalized spacial score (nSPS) is 14.0. The first-order chi connectivity index (χ1) is 14.5. The number of carbonyl (C=O) groups is 1. The van der Waals surface area contributed by atoms with Gasteiger partial charge in [-0.3, -0.25) is 4.79 Å². The van der Waals surface area contributed by atoms with E-state index in [4.69, 9.17) is 27.9 Å². The molecule has 30 heavy (non-hydrogen) atoms. The summed E-state index contributed by atoms with van der Waals surface area (Å²) < 4.78 is 5.86. The molecule has 3 aromatic rings. The lowest BCUT2D eigenvalue weighted by Crippen LogP contribution is -2.49. The summed E-state index contributed by atoms with van der Waals surface area (Å²) in [5.74, 6) is 1.66. The molecule has 1 aliphatic rings. The molecule has 6 nitrogen and oxygen atoms in total. The van der Waals surface area contributed by atoms with Crippen molar-refractivity contribution in [3.8, 4) is 11.6 Å². The molecular formula is C22H20Cl2N4O2. The number of carbonyl (C=O) groups excluding carboxylic acids is 1. The van der Waals surface area contributed by atoms with Gasteiger partial charge in [0, 0.05) is 32.2 Å². The molecule has 2 heterocycles. The fourth-order valence-electron chi connectivity index (χ4n) is 3.30. The molecule has 1 aliphatic heterocycles. The first kappa shape index (κ1) is 20.4. The predicted octanol–water partition coefficient (Wildman–Crippen LogP) is 4.85. The van der Waals surface area contributed by atoms with E-state index in [-0.39, 0.29) is 5.91 Å². The van der Waals surface area contributed by atoms with Crippen molar-refractivity contribution in [1.82, 2.24) is 14.9 Å². The topological polar surface area (TPSA) is 58.6 Å². The van der Waals surface area contributed by atoms with Crippen molar-refractivity contribution in [2.24, 2.45) is 0 Å². The number of aryl methyl sites for hydroxylation is 1. The minimum atomic E-state index is -0.0546. The van der Waals surface area contributed by atoms with Crippen LogP contribution in [0.2, 0.25) is 10.0 Å². The van der Waals surface area contributed by atoms with E-state index in [0.29, 0.717) is 53.4 Å². The maximum atomic E-state index is 12.7. The Morgan fingerprint density at radius 1 is 0.967 bits per heavy atom. The van der Waals surface area contributed by atoms with Gasteiger partial charge in [0.2, 0.25) is 5.88 Å². The van der Waals surface area contributed by atoms with Crippen LogP contribution in [0.4, 0.5) is 5.82 Å². The fourth-order valence-corrected chi connectivity index (χ4v) is 3.68. The molecule has 2 aromatic carbocycles. The van der Waals surface area contributed by atoms with E-state index in [9.17, 15) is 4.79 Å². The van der Waals surface area contributed by atoms with Gasteiger partial charge in [0.1, 0.15) is 17.9 Å². The molecule has 154 valence electrons. The summed E-state index contributed by atoms with van der Waals surface area (Å²) in [5.41, 5.74) is 1.57. The van der Waals surface area contributed by atoms with E-state index in [0.717, 1.165) is 11.4 Å². The molecule has 1 aromatic heterocycles. The van der Waals surface area contributed by atoms with Crippen LogP contribution in [0, 0.1) is 6.92 Å². The zero-order valence-corrected chi connectivity index (χ0v) is 17.9. The Bertz CT molecular complexity index is 1070. The number of benzene rings is 2. The van der Waals surface area contributed by atoms with E-state index in [1.165, 1.54) is 6.33 Å². The highest BCUT2D eigenvalue weighted by atomic mass is 35.5. The van der Waals surface area contributed by atoms with Crippen molar-refractivity contribution >= 4 is 34.9 Å². The van der Waals surface area contributed by atoms with Gasteiger partial charge in [0.15, 0.2) is 0 Å². The summed E-state index contributed by atoms with van der Waals surface area (Å²) in [6, 6.07) is 14.5. The number of ether oxygens (including phenoxy) is 1. The highest BCUT2D eigenvalue weighted by molar-refractivity contribution is 6.33. The third kappa shape index (κ3) is 4.50. The average Bonchev–Trinajstić information content (AvgIpc) is 2.76. The summed E-state index contributed by atoms with van der Waals surface area (Å²) in [6.07, 6.45) is 1.47. The van der Waals surface area contributed by atoms with Crippen LogP contribution in [-0.4, -0.2) is 47.0 Å². The standard InChI is InChI=1S/C22H20Cl2N4O2/c1-15-6-7-18(24)19(12-15)30-21-13-20(25-14-26-21)27-8-10-28(11-9-27)22(29)16-4-2-3-5-17(16)23/h2-7,12-14H,8-11H2,1H3. The number of nitrogens with zero attached hydrogens (tertiary/aromatic N) is 4. The van der Waals surface area contributed by atoms with Gasteiger partial charge in [0.05, 0.1) is 15.6 Å². The van der Waals surface area contributed by atoms with Crippen LogP contribution in [0.1, 0.15) is 15.9 Å². The molecule has 0 spiro atoms. The summed E-state index contributed by atoms with van der Waals surface area (Å²) in [5, 5.41) is 0.991. The summed E-state index contributed by atoms with van der Waals surface area (Å²) in [4.78, 5) is 25.2. The number of anilines is 1. The Hall–Kier alpha value is -2.83. The Morgan fingerprint density at radius 2 is 1.73 bits per heavy atom. The van der Waals surface area contributed by atoms with Gasteiger partial charge < -0.3 is 14.5 Å². The largest absolute Gasteiger partial charge is 0.437 e. The number of halogens is 2. The minimum absolute atomic E-state index is 0.0546. The monoisotopic (exact) mass is 442 g/mol. The van der Waals surface area contributed by atoms with Crippen molar-refractivity contribution in [3.63, 3.8) is 0 Å². The number of rotatable bonds is 4. The zero-order valence-electron chi connectivity index (χ0n) is 16.4. The molecule has 8 heteroatoms. The second kappa shape index (κ2) is 8.90. The molecule has 1 saturated heterocycles. The van der Waals surface area contributed by atoms with E-state index < -0.39 is 0 Å². The van der Waals surface area contributed by atoms with Gasteiger partial charge in [-0.15, -0.1) is 0 Å². The SMILES string of the molecule is Cc1ccc(Cl)c(Oc2cc(N3CCN(C(=O)c4ccccc4Cl)CC3)ncn2)c1. The fraction of sp³-hybridized carbons (Fsp3) is 0.227. The maximum Gasteiger partial charge on any atom is 0.255 e. The lowest BCUT2D eigenvalue weighted by molar-refractivity contribution is 0.0746. The Kier molecular flexibility index (Phi) is 6.06. The number of hydrogen-bond donors (Lipinski definition) is 0. The van der Waals surface area contributed by atoms with Crippen LogP contribution in [0.5, 0.6) is 11.6 Å². The number of hydrogen-bond acceptors (Lipinski definition) is 5. The van der Waals surface area contributed by atoms with Crippen LogP contribution >= 0.6 is 23.2 Å². The zero-order chi connectivity index (χ0) is 21.1. The summed E-state index contributed by atoms with van der Waals surface area (Å²) in [6.45, 7) is 4.43. The molecule has 0 atom stereocenters.